The minimum absolute atomic E-state index is 0.283. The van der Waals surface area contributed by atoms with Crippen LogP contribution in [0.3, 0.4) is 0 Å². The summed E-state index contributed by atoms with van der Waals surface area (Å²) in [5.41, 5.74) is 6.14. The summed E-state index contributed by atoms with van der Waals surface area (Å²) in [5.74, 6) is 0. The Bertz CT molecular complexity index is 575. The lowest BCUT2D eigenvalue weighted by Gasteiger charge is -2.21. The molecule has 0 N–H and O–H groups in total. The normalized spacial score (nSPS) is 11.6. The fraction of sp³-hybridized carbons (Fsp3) is 0.455. The van der Waals surface area contributed by atoms with Gasteiger partial charge >= 0.3 is 0 Å². The predicted molar refractivity (Wildman–Crippen MR) is 99.8 cm³/mol. The van der Waals surface area contributed by atoms with Gasteiger partial charge in [0.25, 0.3) is 0 Å². The van der Waals surface area contributed by atoms with Gasteiger partial charge in [-0.2, -0.15) is 0 Å². The summed E-state index contributed by atoms with van der Waals surface area (Å²) in [6, 6.07) is 17.3. The van der Waals surface area contributed by atoms with Gasteiger partial charge in [-0.15, -0.1) is 0 Å². The van der Waals surface area contributed by atoms with Crippen LogP contribution in [0.4, 0.5) is 0 Å². The zero-order valence-corrected chi connectivity index (χ0v) is 15.6. The van der Waals surface area contributed by atoms with Crippen molar-refractivity contribution in [2.45, 2.75) is 66.2 Å². The van der Waals surface area contributed by atoms with E-state index in [9.17, 15) is 0 Å². The van der Waals surface area contributed by atoms with Gasteiger partial charge in [0.05, 0.1) is 0 Å². The highest BCUT2D eigenvalue weighted by atomic mass is 14.2. The number of rotatable bonds is 0. The van der Waals surface area contributed by atoms with E-state index in [1.807, 2.05) is 0 Å². The van der Waals surface area contributed by atoms with E-state index in [1.54, 1.807) is 0 Å². The van der Waals surface area contributed by atoms with Crippen LogP contribution in [0.2, 0.25) is 0 Å². The van der Waals surface area contributed by atoms with Crippen molar-refractivity contribution in [1.29, 1.82) is 0 Å². The lowest BCUT2D eigenvalue weighted by molar-refractivity contribution is 0.586. The highest BCUT2D eigenvalue weighted by Crippen LogP contribution is 2.24. The first kappa shape index (κ1) is 18.5. The predicted octanol–water partition coefficient (Wildman–Crippen LogP) is 6.59. The van der Waals surface area contributed by atoms with Gasteiger partial charge in [0.1, 0.15) is 0 Å². The highest BCUT2D eigenvalue weighted by Gasteiger charge is 2.14. The summed E-state index contributed by atoms with van der Waals surface area (Å²) in [6.07, 6.45) is 0. The third kappa shape index (κ3) is 5.67. The monoisotopic (exact) mass is 296 g/mol. The van der Waals surface area contributed by atoms with E-state index >= 15 is 0 Å². The van der Waals surface area contributed by atoms with Crippen molar-refractivity contribution >= 4 is 0 Å². The molecule has 120 valence electrons. The molecule has 0 unspecified atom stereocenters. The second-order valence-electron chi connectivity index (χ2n) is 8.18. The standard InChI is InChI=1S/2C11H16/c1-9-5-7-10(8-6-9)11(2,3)4;1-9-7-5-6-8-10(9)11(2,3)4/h2*5-8H,1-4H3. The van der Waals surface area contributed by atoms with Crippen LogP contribution in [-0.4, -0.2) is 0 Å². The van der Waals surface area contributed by atoms with Crippen molar-refractivity contribution in [3.05, 3.63) is 70.8 Å². The third-order valence-electron chi connectivity index (χ3n) is 3.87. The molecular weight excluding hydrogens is 264 g/mol. The molecule has 0 aliphatic carbocycles. The topological polar surface area (TPSA) is 0 Å². The molecule has 0 nitrogen and oxygen atoms in total. The first-order chi connectivity index (χ1) is 10.0. The quantitative estimate of drug-likeness (QED) is 0.514. The minimum atomic E-state index is 0.283. The molecule has 0 radical (unpaired) electrons. The molecule has 0 spiro atoms. The van der Waals surface area contributed by atoms with Crippen LogP contribution < -0.4 is 0 Å². The molecule has 0 amide bonds. The molecule has 2 rings (SSSR count). The van der Waals surface area contributed by atoms with Crippen molar-refractivity contribution in [2.24, 2.45) is 0 Å². The Morgan fingerprint density at radius 2 is 1.09 bits per heavy atom. The van der Waals surface area contributed by atoms with Gasteiger partial charge in [0.2, 0.25) is 0 Å². The van der Waals surface area contributed by atoms with Crippen molar-refractivity contribution < 1.29 is 0 Å². The smallest absolute Gasteiger partial charge is 0.0129 e. The molecule has 2 aromatic carbocycles. The average Bonchev–Trinajstić information content (AvgIpc) is 2.38. The molecule has 0 saturated heterocycles. The third-order valence-corrected chi connectivity index (χ3v) is 3.87. The summed E-state index contributed by atoms with van der Waals surface area (Å²) in [4.78, 5) is 0. The van der Waals surface area contributed by atoms with Gasteiger partial charge in [-0.05, 0) is 41.4 Å². The van der Waals surface area contributed by atoms with Gasteiger partial charge in [-0.1, -0.05) is 95.6 Å². The minimum Gasteiger partial charge on any atom is -0.0620 e. The van der Waals surface area contributed by atoms with Crippen LogP contribution in [0.25, 0.3) is 0 Å². The molecule has 0 aromatic heterocycles. The largest absolute Gasteiger partial charge is 0.0620 e. The van der Waals surface area contributed by atoms with E-state index in [4.69, 9.17) is 0 Å². The van der Waals surface area contributed by atoms with Crippen molar-refractivity contribution in [2.75, 3.05) is 0 Å². The Labute approximate surface area is 137 Å². The molecule has 0 heteroatoms. The maximum absolute atomic E-state index is 2.25. The summed E-state index contributed by atoms with van der Waals surface area (Å²) >= 11 is 0. The first-order valence-electron chi connectivity index (χ1n) is 8.15. The van der Waals surface area contributed by atoms with Crippen LogP contribution >= 0.6 is 0 Å². The second-order valence-corrected chi connectivity index (χ2v) is 8.18. The Hall–Kier alpha value is -1.56. The second kappa shape index (κ2) is 7.13. The fourth-order valence-corrected chi connectivity index (χ4v) is 2.47. The van der Waals surface area contributed by atoms with E-state index in [2.05, 4.69) is 104 Å². The number of benzene rings is 2. The van der Waals surface area contributed by atoms with Crippen molar-refractivity contribution in [3.63, 3.8) is 0 Å². The summed E-state index contributed by atoms with van der Waals surface area (Å²) in [6.45, 7) is 17.7. The van der Waals surface area contributed by atoms with Crippen LogP contribution in [0.5, 0.6) is 0 Å². The maximum atomic E-state index is 2.25. The molecule has 0 fully saturated rings. The average molecular weight is 296 g/mol. The van der Waals surface area contributed by atoms with Gasteiger partial charge in [-0.25, -0.2) is 0 Å². The zero-order chi connectivity index (χ0) is 17.0. The number of hydrogen-bond donors (Lipinski definition) is 0. The lowest BCUT2D eigenvalue weighted by atomic mass is 9.84. The summed E-state index contributed by atoms with van der Waals surface area (Å²) in [5, 5.41) is 0. The van der Waals surface area contributed by atoms with Crippen LogP contribution in [0, 0.1) is 13.8 Å². The fourth-order valence-electron chi connectivity index (χ4n) is 2.47. The molecule has 22 heavy (non-hydrogen) atoms. The summed E-state index contributed by atoms with van der Waals surface area (Å²) in [7, 11) is 0. The summed E-state index contributed by atoms with van der Waals surface area (Å²) < 4.78 is 0. The SMILES string of the molecule is Cc1ccc(C(C)(C)C)cc1.Cc1ccccc1C(C)(C)C. The first-order valence-corrected chi connectivity index (χ1v) is 8.15. The maximum Gasteiger partial charge on any atom is -0.0129 e. The Kier molecular flexibility index (Phi) is 6.00. The van der Waals surface area contributed by atoms with E-state index in [0.29, 0.717) is 0 Å². The molecule has 0 saturated carbocycles. The van der Waals surface area contributed by atoms with Gasteiger partial charge in [-0.3, -0.25) is 0 Å². The molecule has 0 bridgehead atoms. The molecule has 0 heterocycles. The zero-order valence-electron chi connectivity index (χ0n) is 15.6. The van der Waals surface area contributed by atoms with Crippen LogP contribution in [0.1, 0.15) is 63.8 Å². The Morgan fingerprint density at radius 3 is 1.45 bits per heavy atom. The van der Waals surface area contributed by atoms with Crippen LogP contribution in [-0.2, 0) is 10.8 Å². The molecule has 2 aromatic rings. The Balaban J connectivity index is 0.000000220. The number of hydrogen-bond acceptors (Lipinski definition) is 0. The van der Waals surface area contributed by atoms with E-state index in [-0.39, 0.29) is 10.8 Å². The van der Waals surface area contributed by atoms with E-state index in [0.717, 1.165) is 0 Å². The Morgan fingerprint density at radius 1 is 0.591 bits per heavy atom. The number of aryl methyl sites for hydroxylation is 2. The lowest BCUT2D eigenvalue weighted by Crippen LogP contribution is -2.12. The molecular formula is C22H32. The van der Waals surface area contributed by atoms with Gasteiger partial charge in [0.15, 0.2) is 0 Å². The highest BCUT2D eigenvalue weighted by molar-refractivity contribution is 5.31. The van der Waals surface area contributed by atoms with E-state index < -0.39 is 0 Å². The molecule has 0 aliphatic rings. The van der Waals surface area contributed by atoms with E-state index in [1.165, 1.54) is 22.3 Å². The van der Waals surface area contributed by atoms with Crippen LogP contribution in [0.15, 0.2) is 48.5 Å². The van der Waals surface area contributed by atoms with Gasteiger partial charge < -0.3 is 0 Å². The van der Waals surface area contributed by atoms with Crippen molar-refractivity contribution in [1.82, 2.24) is 0 Å². The van der Waals surface area contributed by atoms with Gasteiger partial charge in [0, 0.05) is 0 Å². The van der Waals surface area contributed by atoms with Crippen molar-refractivity contribution in [3.8, 4) is 0 Å². The molecule has 0 atom stereocenters. The molecule has 0 aliphatic heterocycles.